The molecular weight excluding hydrogens is 291 g/mol. The zero-order chi connectivity index (χ0) is 15.9. The molecule has 3 nitrogen and oxygen atoms in total. The van der Waals surface area contributed by atoms with E-state index in [4.69, 9.17) is 4.74 Å². The molecule has 0 unspecified atom stereocenters. The molecule has 0 atom stereocenters. The van der Waals surface area contributed by atoms with E-state index in [-0.39, 0.29) is 5.82 Å². The normalized spacial score (nSPS) is 9.78. The van der Waals surface area contributed by atoms with Crippen LogP contribution in [0, 0.1) is 17.7 Å². The number of benzene rings is 2. The van der Waals surface area contributed by atoms with E-state index in [9.17, 15) is 4.39 Å². The Morgan fingerprint density at radius 3 is 2.48 bits per heavy atom. The van der Waals surface area contributed by atoms with Gasteiger partial charge in [0.1, 0.15) is 18.1 Å². The van der Waals surface area contributed by atoms with Gasteiger partial charge < -0.3 is 4.74 Å². The molecule has 1 aromatic heterocycles. The number of halogens is 1. The Morgan fingerprint density at radius 1 is 0.870 bits per heavy atom. The van der Waals surface area contributed by atoms with Crippen molar-refractivity contribution in [1.82, 2.24) is 10.2 Å². The molecule has 3 rings (SSSR count). The molecular formula is C19H13FN2O. The predicted octanol–water partition coefficient (Wildman–Crippen LogP) is 3.59. The Hall–Kier alpha value is -3.19. The van der Waals surface area contributed by atoms with Crippen molar-refractivity contribution >= 4 is 0 Å². The zero-order valence-corrected chi connectivity index (χ0v) is 12.2. The second kappa shape index (κ2) is 7.19. The molecule has 2 aromatic carbocycles. The quantitative estimate of drug-likeness (QED) is 0.694. The number of ether oxygens (including phenoxy) is 1. The Balaban J connectivity index is 1.63. The van der Waals surface area contributed by atoms with E-state index in [1.165, 1.54) is 12.1 Å². The summed E-state index contributed by atoms with van der Waals surface area (Å²) in [6.07, 6.45) is 0. The van der Waals surface area contributed by atoms with Gasteiger partial charge in [0.05, 0.1) is 0 Å². The summed E-state index contributed by atoms with van der Waals surface area (Å²) in [5.41, 5.74) is 2.15. The van der Waals surface area contributed by atoms with Crippen LogP contribution in [0.25, 0.3) is 0 Å². The van der Waals surface area contributed by atoms with Crippen LogP contribution in [0.1, 0.15) is 16.8 Å². The summed E-state index contributed by atoms with van der Waals surface area (Å²) in [5.74, 6) is 5.81. The van der Waals surface area contributed by atoms with Gasteiger partial charge >= 0.3 is 0 Å². The van der Waals surface area contributed by atoms with Crippen LogP contribution in [0.4, 0.5) is 4.39 Å². The maximum absolute atomic E-state index is 13.1. The Kier molecular flexibility index (Phi) is 4.61. The third kappa shape index (κ3) is 4.39. The summed E-state index contributed by atoms with van der Waals surface area (Å²) in [7, 11) is 0. The second-order valence-electron chi connectivity index (χ2n) is 4.79. The van der Waals surface area contributed by atoms with Crippen LogP contribution in [-0.4, -0.2) is 10.2 Å². The van der Waals surface area contributed by atoms with Gasteiger partial charge in [-0.15, -0.1) is 10.2 Å². The highest BCUT2D eigenvalue weighted by molar-refractivity contribution is 5.40. The molecule has 0 aliphatic rings. The molecule has 0 bridgehead atoms. The highest BCUT2D eigenvalue weighted by Crippen LogP contribution is 2.08. The topological polar surface area (TPSA) is 35.0 Å². The van der Waals surface area contributed by atoms with Gasteiger partial charge in [0, 0.05) is 11.6 Å². The van der Waals surface area contributed by atoms with Crippen LogP contribution < -0.4 is 4.74 Å². The molecule has 4 heteroatoms. The lowest BCUT2D eigenvalue weighted by molar-refractivity contribution is 0.290. The standard InChI is InChI=1S/C19H13FN2O/c20-17-8-4-7-15(13-17)9-10-18-11-12-19(22-21-18)23-14-16-5-2-1-3-6-16/h1-8,11-13H,14H2. The molecule has 0 radical (unpaired) electrons. The fourth-order valence-corrected chi connectivity index (χ4v) is 1.90. The van der Waals surface area contributed by atoms with Gasteiger partial charge in [0.2, 0.25) is 5.88 Å². The summed E-state index contributed by atoms with van der Waals surface area (Å²) in [6.45, 7) is 0.434. The van der Waals surface area contributed by atoms with E-state index in [1.54, 1.807) is 24.3 Å². The lowest BCUT2D eigenvalue weighted by atomic mass is 10.2. The monoisotopic (exact) mass is 304 g/mol. The lowest BCUT2D eigenvalue weighted by Crippen LogP contribution is -1.98. The lowest BCUT2D eigenvalue weighted by Gasteiger charge is -2.03. The van der Waals surface area contributed by atoms with Crippen LogP contribution in [-0.2, 0) is 6.61 Å². The number of hydrogen-bond acceptors (Lipinski definition) is 3. The van der Waals surface area contributed by atoms with Crippen LogP contribution in [0.5, 0.6) is 5.88 Å². The minimum absolute atomic E-state index is 0.312. The van der Waals surface area contributed by atoms with E-state index in [2.05, 4.69) is 22.0 Å². The molecule has 0 amide bonds. The molecule has 0 saturated heterocycles. The van der Waals surface area contributed by atoms with E-state index in [0.717, 1.165) is 5.56 Å². The molecule has 112 valence electrons. The Labute approximate surface area is 133 Å². The maximum Gasteiger partial charge on any atom is 0.233 e. The SMILES string of the molecule is Fc1cccc(C#Cc2ccc(OCc3ccccc3)nn2)c1. The molecule has 0 aliphatic carbocycles. The molecule has 0 fully saturated rings. The Bertz CT molecular complexity index is 836. The average Bonchev–Trinajstić information content (AvgIpc) is 2.60. The molecule has 0 aliphatic heterocycles. The van der Waals surface area contributed by atoms with Gasteiger partial charge in [-0.25, -0.2) is 4.39 Å². The van der Waals surface area contributed by atoms with Crippen LogP contribution >= 0.6 is 0 Å². The van der Waals surface area contributed by atoms with Crippen molar-refractivity contribution in [3.63, 3.8) is 0 Å². The van der Waals surface area contributed by atoms with Crippen molar-refractivity contribution in [3.8, 4) is 17.7 Å². The highest BCUT2D eigenvalue weighted by atomic mass is 19.1. The summed E-state index contributed by atoms with van der Waals surface area (Å²) < 4.78 is 18.6. The number of hydrogen-bond donors (Lipinski definition) is 0. The first-order chi connectivity index (χ1) is 11.3. The van der Waals surface area contributed by atoms with Crippen molar-refractivity contribution < 1.29 is 9.13 Å². The van der Waals surface area contributed by atoms with Gasteiger partial charge in [-0.2, -0.15) is 0 Å². The third-order valence-corrected chi connectivity index (χ3v) is 3.03. The van der Waals surface area contributed by atoms with E-state index >= 15 is 0 Å². The molecule has 1 heterocycles. The second-order valence-corrected chi connectivity index (χ2v) is 4.79. The van der Waals surface area contributed by atoms with E-state index in [0.29, 0.717) is 23.7 Å². The maximum atomic E-state index is 13.1. The number of nitrogens with zero attached hydrogens (tertiary/aromatic N) is 2. The summed E-state index contributed by atoms with van der Waals surface area (Å²) in [6, 6.07) is 19.4. The fraction of sp³-hybridized carbons (Fsp3) is 0.0526. The predicted molar refractivity (Wildman–Crippen MR) is 85.2 cm³/mol. The average molecular weight is 304 g/mol. The van der Waals surface area contributed by atoms with Crippen LogP contribution in [0.15, 0.2) is 66.7 Å². The van der Waals surface area contributed by atoms with Crippen molar-refractivity contribution in [3.05, 3.63) is 89.4 Å². The smallest absolute Gasteiger partial charge is 0.233 e. The van der Waals surface area contributed by atoms with Crippen LogP contribution in [0.3, 0.4) is 0 Å². The van der Waals surface area contributed by atoms with Crippen molar-refractivity contribution in [2.75, 3.05) is 0 Å². The summed E-state index contributed by atoms with van der Waals surface area (Å²) in [5, 5.41) is 7.96. The van der Waals surface area contributed by atoms with Crippen molar-refractivity contribution in [1.29, 1.82) is 0 Å². The van der Waals surface area contributed by atoms with Gasteiger partial charge in [0.15, 0.2) is 0 Å². The molecule has 3 aromatic rings. The minimum Gasteiger partial charge on any atom is -0.472 e. The highest BCUT2D eigenvalue weighted by Gasteiger charge is 1.98. The van der Waals surface area contributed by atoms with E-state index < -0.39 is 0 Å². The molecule has 0 saturated carbocycles. The van der Waals surface area contributed by atoms with Crippen molar-refractivity contribution in [2.24, 2.45) is 0 Å². The zero-order valence-electron chi connectivity index (χ0n) is 12.2. The fourth-order valence-electron chi connectivity index (χ4n) is 1.90. The van der Waals surface area contributed by atoms with Gasteiger partial charge in [-0.05, 0) is 35.7 Å². The summed E-state index contributed by atoms with van der Waals surface area (Å²) in [4.78, 5) is 0. The summed E-state index contributed by atoms with van der Waals surface area (Å²) >= 11 is 0. The van der Waals surface area contributed by atoms with Gasteiger partial charge in [-0.1, -0.05) is 42.3 Å². The van der Waals surface area contributed by atoms with Gasteiger partial charge in [-0.3, -0.25) is 0 Å². The molecule has 0 spiro atoms. The first-order valence-electron chi connectivity index (χ1n) is 7.08. The van der Waals surface area contributed by atoms with Crippen LogP contribution in [0.2, 0.25) is 0 Å². The first kappa shape index (κ1) is 14.7. The first-order valence-corrected chi connectivity index (χ1v) is 7.08. The van der Waals surface area contributed by atoms with Gasteiger partial charge in [0.25, 0.3) is 0 Å². The van der Waals surface area contributed by atoms with Crippen molar-refractivity contribution in [2.45, 2.75) is 6.61 Å². The number of rotatable bonds is 3. The molecule has 23 heavy (non-hydrogen) atoms. The minimum atomic E-state index is -0.312. The third-order valence-electron chi connectivity index (χ3n) is 3.03. The molecule has 0 N–H and O–H groups in total. The number of aromatic nitrogens is 2. The largest absolute Gasteiger partial charge is 0.472 e. The Morgan fingerprint density at radius 2 is 1.74 bits per heavy atom. The van der Waals surface area contributed by atoms with E-state index in [1.807, 2.05) is 30.3 Å².